The molecule has 1 nitrogen and oxygen atoms in total. The number of rotatable bonds is 1. The summed E-state index contributed by atoms with van der Waals surface area (Å²) in [4.78, 5) is 2.48. The van der Waals surface area contributed by atoms with Crippen molar-refractivity contribution in [1.82, 2.24) is 4.90 Å². The van der Waals surface area contributed by atoms with E-state index < -0.39 is 0 Å². The highest BCUT2D eigenvalue weighted by Gasteiger charge is 2.25. The fourth-order valence-corrected chi connectivity index (χ4v) is 2.85. The zero-order valence-electron chi connectivity index (χ0n) is 8.30. The summed E-state index contributed by atoms with van der Waals surface area (Å²) >= 11 is 6.35. The van der Waals surface area contributed by atoms with E-state index in [-0.39, 0.29) is 5.38 Å². The maximum absolute atomic E-state index is 6.35. The molecule has 2 aliphatic rings. The van der Waals surface area contributed by atoms with E-state index in [9.17, 15) is 0 Å². The normalized spacial score (nSPS) is 34.9. The van der Waals surface area contributed by atoms with E-state index in [2.05, 4.69) is 17.9 Å². The summed E-state index contributed by atoms with van der Waals surface area (Å²) in [6.07, 6.45) is 7.42. The highest BCUT2D eigenvalue weighted by molar-refractivity contribution is 6.22. The molecule has 0 amide bonds. The standard InChI is InChI=1S/C11H18ClN/c1-9-4-5-11(10(12)8-9)13-6-2-3-7-13/h5,9-10H,2-4,6-8H2,1H3. The molecule has 1 aliphatic heterocycles. The highest BCUT2D eigenvalue weighted by atomic mass is 35.5. The Morgan fingerprint density at radius 2 is 2.08 bits per heavy atom. The molecule has 1 aliphatic carbocycles. The van der Waals surface area contributed by atoms with Gasteiger partial charge in [-0.05, 0) is 31.6 Å². The van der Waals surface area contributed by atoms with Gasteiger partial charge in [0.05, 0.1) is 5.38 Å². The zero-order valence-corrected chi connectivity index (χ0v) is 9.06. The molecule has 2 atom stereocenters. The van der Waals surface area contributed by atoms with Crippen molar-refractivity contribution in [3.63, 3.8) is 0 Å². The lowest BCUT2D eigenvalue weighted by molar-refractivity contribution is 0.373. The first kappa shape index (κ1) is 9.39. The number of halogens is 1. The third-order valence-corrected chi connectivity index (χ3v) is 3.53. The van der Waals surface area contributed by atoms with Gasteiger partial charge in [0, 0.05) is 18.8 Å². The molecular formula is C11H18ClN. The molecule has 2 rings (SSSR count). The lowest BCUT2D eigenvalue weighted by atomic mass is 9.93. The zero-order chi connectivity index (χ0) is 9.26. The Morgan fingerprint density at radius 1 is 1.38 bits per heavy atom. The quantitative estimate of drug-likeness (QED) is 0.587. The van der Waals surface area contributed by atoms with E-state index in [0.717, 1.165) is 12.3 Å². The van der Waals surface area contributed by atoms with E-state index in [1.807, 2.05) is 0 Å². The Hall–Kier alpha value is -0.170. The summed E-state index contributed by atoms with van der Waals surface area (Å²) in [5, 5.41) is 0.279. The van der Waals surface area contributed by atoms with Crippen LogP contribution >= 0.6 is 11.6 Å². The second-order valence-electron chi connectivity index (χ2n) is 4.37. The van der Waals surface area contributed by atoms with Crippen molar-refractivity contribution in [2.45, 2.75) is 38.0 Å². The van der Waals surface area contributed by atoms with Crippen molar-refractivity contribution in [1.29, 1.82) is 0 Å². The first-order chi connectivity index (χ1) is 6.27. The van der Waals surface area contributed by atoms with E-state index in [1.165, 1.54) is 38.0 Å². The first-order valence-electron chi connectivity index (χ1n) is 5.36. The van der Waals surface area contributed by atoms with E-state index in [0.29, 0.717) is 0 Å². The number of likely N-dealkylation sites (tertiary alicyclic amines) is 1. The van der Waals surface area contributed by atoms with Gasteiger partial charge in [-0.2, -0.15) is 0 Å². The predicted octanol–water partition coefficient (Wildman–Crippen LogP) is 3.00. The van der Waals surface area contributed by atoms with E-state index in [1.54, 1.807) is 0 Å². The average Bonchev–Trinajstić information content (AvgIpc) is 2.56. The molecule has 0 radical (unpaired) electrons. The molecule has 0 N–H and O–H groups in total. The van der Waals surface area contributed by atoms with Gasteiger partial charge in [-0.3, -0.25) is 0 Å². The van der Waals surface area contributed by atoms with Crippen LogP contribution < -0.4 is 0 Å². The minimum absolute atomic E-state index is 0.279. The lowest BCUT2D eigenvalue weighted by Gasteiger charge is -2.30. The van der Waals surface area contributed by atoms with Crippen molar-refractivity contribution in [2.75, 3.05) is 13.1 Å². The summed E-state index contributed by atoms with van der Waals surface area (Å²) in [6.45, 7) is 4.74. The summed E-state index contributed by atoms with van der Waals surface area (Å²) < 4.78 is 0. The van der Waals surface area contributed by atoms with E-state index >= 15 is 0 Å². The van der Waals surface area contributed by atoms with Gasteiger partial charge in [0.15, 0.2) is 0 Å². The Kier molecular flexibility index (Phi) is 2.83. The molecule has 0 bridgehead atoms. The molecular weight excluding hydrogens is 182 g/mol. The van der Waals surface area contributed by atoms with Gasteiger partial charge in [-0.15, -0.1) is 11.6 Å². The second-order valence-corrected chi connectivity index (χ2v) is 4.89. The Balaban J connectivity index is 2.04. The topological polar surface area (TPSA) is 3.24 Å². The number of hydrogen-bond acceptors (Lipinski definition) is 1. The lowest BCUT2D eigenvalue weighted by Crippen LogP contribution is -2.28. The number of hydrogen-bond donors (Lipinski definition) is 0. The first-order valence-corrected chi connectivity index (χ1v) is 5.80. The molecule has 0 aromatic carbocycles. The monoisotopic (exact) mass is 199 g/mol. The Morgan fingerprint density at radius 3 is 2.69 bits per heavy atom. The molecule has 13 heavy (non-hydrogen) atoms. The average molecular weight is 200 g/mol. The van der Waals surface area contributed by atoms with Crippen LogP contribution in [0.1, 0.15) is 32.6 Å². The Bertz CT molecular complexity index is 206. The third kappa shape index (κ3) is 2.01. The summed E-state index contributed by atoms with van der Waals surface area (Å²) in [6, 6.07) is 0. The fraction of sp³-hybridized carbons (Fsp3) is 0.818. The molecule has 2 heteroatoms. The van der Waals surface area contributed by atoms with Gasteiger partial charge in [-0.25, -0.2) is 0 Å². The van der Waals surface area contributed by atoms with Crippen LogP contribution in [-0.2, 0) is 0 Å². The fourth-order valence-electron chi connectivity index (χ4n) is 2.32. The Labute approximate surface area is 85.8 Å². The minimum Gasteiger partial charge on any atom is -0.374 e. The number of alkyl halides is 1. The molecule has 0 spiro atoms. The SMILES string of the molecule is CC1CC=C(N2CCCC2)C(Cl)C1. The van der Waals surface area contributed by atoms with Gasteiger partial charge in [0.2, 0.25) is 0 Å². The van der Waals surface area contributed by atoms with Crippen LogP contribution in [0, 0.1) is 5.92 Å². The van der Waals surface area contributed by atoms with Crippen molar-refractivity contribution in [2.24, 2.45) is 5.92 Å². The van der Waals surface area contributed by atoms with Gasteiger partial charge < -0.3 is 4.90 Å². The molecule has 0 aromatic rings. The predicted molar refractivity (Wildman–Crippen MR) is 56.9 cm³/mol. The van der Waals surface area contributed by atoms with Crippen molar-refractivity contribution in [3.05, 3.63) is 11.8 Å². The summed E-state index contributed by atoms with van der Waals surface area (Å²) in [5.74, 6) is 0.772. The number of allylic oxidation sites excluding steroid dienone is 2. The van der Waals surface area contributed by atoms with Gasteiger partial charge in [0.25, 0.3) is 0 Å². The largest absolute Gasteiger partial charge is 0.374 e. The molecule has 0 aromatic heterocycles. The van der Waals surface area contributed by atoms with Gasteiger partial charge in [0.1, 0.15) is 0 Å². The third-order valence-electron chi connectivity index (χ3n) is 3.13. The molecule has 1 fully saturated rings. The molecule has 2 unspecified atom stereocenters. The molecule has 1 heterocycles. The van der Waals surface area contributed by atoms with Crippen LogP contribution in [0.15, 0.2) is 11.8 Å². The van der Waals surface area contributed by atoms with Crippen molar-refractivity contribution >= 4 is 11.6 Å². The van der Waals surface area contributed by atoms with Crippen LogP contribution in [0.25, 0.3) is 0 Å². The van der Waals surface area contributed by atoms with Crippen molar-refractivity contribution in [3.8, 4) is 0 Å². The second kappa shape index (κ2) is 3.91. The molecule has 0 saturated carbocycles. The molecule has 74 valence electrons. The summed E-state index contributed by atoms with van der Waals surface area (Å²) in [5.41, 5.74) is 1.41. The van der Waals surface area contributed by atoms with Crippen molar-refractivity contribution < 1.29 is 0 Å². The maximum Gasteiger partial charge on any atom is 0.0733 e. The van der Waals surface area contributed by atoms with E-state index in [4.69, 9.17) is 11.6 Å². The van der Waals surface area contributed by atoms with Gasteiger partial charge >= 0.3 is 0 Å². The van der Waals surface area contributed by atoms with Gasteiger partial charge in [-0.1, -0.05) is 13.0 Å². The smallest absolute Gasteiger partial charge is 0.0733 e. The van der Waals surface area contributed by atoms with Crippen LogP contribution in [0.2, 0.25) is 0 Å². The summed E-state index contributed by atoms with van der Waals surface area (Å²) in [7, 11) is 0. The molecule has 1 saturated heterocycles. The van der Waals surface area contributed by atoms with Crippen LogP contribution in [-0.4, -0.2) is 23.4 Å². The van der Waals surface area contributed by atoms with Crippen LogP contribution in [0.3, 0.4) is 0 Å². The number of nitrogens with zero attached hydrogens (tertiary/aromatic N) is 1. The highest BCUT2D eigenvalue weighted by Crippen LogP contribution is 2.31. The minimum atomic E-state index is 0.279. The maximum atomic E-state index is 6.35. The van der Waals surface area contributed by atoms with Crippen LogP contribution in [0.5, 0.6) is 0 Å². The van der Waals surface area contributed by atoms with Crippen LogP contribution in [0.4, 0.5) is 0 Å².